The van der Waals surface area contributed by atoms with E-state index in [2.05, 4.69) is 10.3 Å². The highest BCUT2D eigenvalue weighted by molar-refractivity contribution is 7.92. The molecular weight excluding hydrogens is 549 g/mol. The van der Waals surface area contributed by atoms with Crippen molar-refractivity contribution < 1.29 is 45.0 Å². The Kier molecular flexibility index (Phi) is 7.29. The largest absolute Gasteiger partial charge is 0.484 e. The molecule has 4 rings (SSSR count). The van der Waals surface area contributed by atoms with Gasteiger partial charge in [-0.15, -0.1) is 0 Å². The Labute approximate surface area is 220 Å². The number of aromatic nitrogens is 1. The normalized spacial score (nSPS) is 15.9. The molecule has 8 nitrogen and oxygen atoms in total. The van der Waals surface area contributed by atoms with Crippen LogP contribution in [0.1, 0.15) is 19.4 Å². The first-order valence-corrected chi connectivity index (χ1v) is 12.8. The summed E-state index contributed by atoms with van der Waals surface area (Å²) in [5.41, 5.74) is -3.30. The highest BCUT2D eigenvalue weighted by Gasteiger charge is 2.38. The first kappa shape index (κ1) is 28.2. The third kappa shape index (κ3) is 5.96. The number of carbonyl (C=O) groups is 1. The Morgan fingerprint density at radius 1 is 1.13 bits per heavy atom. The van der Waals surface area contributed by atoms with Crippen molar-refractivity contribution in [2.24, 2.45) is 0 Å². The number of hydrogen-bond donors (Lipinski definition) is 2. The molecule has 2 N–H and O–H groups in total. The Morgan fingerprint density at radius 2 is 1.85 bits per heavy atom. The number of alkyl halides is 3. The van der Waals surface area contributed by atoms with Gasteiger partial charge in [-0.05, 0) is 55.8 Å². The predicted molar refractivity (Wildman–Crippen MR) is 129 cm³/mol. The molecule has 1 aliphatic heterocycles. The number of hydrogen-bond acceptors (Lipinski definition) is 6. The number of carbonyl (C=O) groups excluding carboxylic acids is 1. The van der Waals surface area contributed by atoms with Crippen LogP contribution in [0, 0.1) is 11.6 Å². The van der Waals surface area contributed by atoms with Crippen molar-refractivity contribution in [3.63, 3.8) is 0 Å². The van der Waals surface area contributed by atoms with Gasteiger partial charge in [0.05, 0.1) is 24.3 Å². The Balaban J connectivity index is 1.80. The highest BCUT2D eigenvalue weighted by atomic mass is 32.2. The summed E-state index contributed by atoms with van der Waals surface area (Å²) < 4.78 is 102. The van der Waals surface area contributed by atoms with Crippen molar-refractivity contribution in [1.29, 1.82) is 0 Å². The van der Waals surface area contributed by atoms with Crippen LogP contribution >= 0.6 is 0 Å². The number of pyridine rings is 1. The summed E-state index contributed by atoms with van der Waals surface area (Å²) in [5, 5.41) is 12.3. The molecule has 1 aliphatic rings. The fourth-order valence-corrected chi connectivity index (χ4v) is 5.29. The van der Waals surface area contributed by atoms with Crippen LogP contribution in [0.2, 0.25) is 0 Å². The van der Waals surface area contributed by atoms with Crippen molar-refractivity contribution >= 4 is 21.6 Å². The summed E-state index contributed by atoms with van der Waals surface area (Å²) in [7, 11) is -4.71. The average Bonchev–Trinajstić information content (AvgIpc) is 2.86. The average molecular weight is 572 g/mol. The van der Waals surface area contributed by atoms with Crippen molar-refractivity contribution in [2.75, 3.05) is 17.4 Å². The highest BCUT2D eigenvalue weighted by Crippen LogP contribution is 2.41. The number of amides is 1. The summed E-state index contributed by atoms with van der Waals surface area (Å²) in [6.07, 6.45) is -4.67. The van der Waals surface area contributed by atoms with Gasteiger partial charge in [-0.1, -0.05) is 6.07 Å². The van der Waals surface area contributed by atoms with Gasteiger partial charge in [0.15, 0.2) is 0 Å². The van der Waals surface area contributed by atoms with Crippen LogP contribution in [0.5, 0.6) is 5.75 Å². The van der Waals surface area contributed by atoms with E-state index in [9.17, 15) is 40.3 Å². The second kappa shape index (κ2) is 10.1. The van der Waals surface area contributed by atoms with E-state index in [1.807, 2.05) is 0 Å². The van der Waals surface area contributed by atoms with E-state index in [4.69, 9.17) is 4.74 Å². The fraction of sp³-hybridized carbons (Fsp3) is 0.280. The minimum atomic E-state index is -4.87. The topological polar surface area (TPSA) is 109 Å². The van der Waals surface area contributed by atoms with Crippen LogP contribution in [-0.4, -0.2) is 49.2 Å². The van der Waals surface area contributed by atoms with Gasteiger partial charge in [0.2, 0.25) is 0 Å². The maximum Gasteiger partial charge on any atom is 0.417 e. The monoisotopic (exact) mass is 571 g/mol. The molecule has 1 amide bonds. The van der Waals surface area contributed by atoms with Crippen molar-refractivity contribution in [2.45, 2.75) is 36.6 Å². The second-order valence-corrected chi connectivity index (χ2v) is 11.1. The first-order chi connectivity index (χ1) is 18.1. The van der Waals surface area contributed by atoms with E-state index in [1.54, 1.807) is 0 Å². The molecule has 0 aliphatic carbocycles. The molecule has 2 aromatic carbocycles. The molecule has 0 bridgehead atoms. The number of fused-ring (bicyclic) bond motifs is 1. The zero-order valence-electron chi connectivity index (χ0n) is 20.5. The van der Waals surface area contributed by atoms with Gasteiger partial charge in [0, 0.05) is 18.0 Å². The lowest BCUT2D eigenvalue weighted by Crippen LogP contribution is -2.51. The molecule has 1 aromatic heterocycles. The predicted octanol–water partition coefficient (Wildman–Crippen LogP) is 3.89. The van der Waals surface area contributed by atoms with Crippen LogP contribution in [0.15, 0.2) is 59.8 Å². The molecular formula is C25H22F5N3O5S. The molecule has 0 saturated heterocycles. The number of benzene rings is 2. The third-order valence-corrected chi connectivity index (χ3v) is 7.55. The number of sulfonamides is 1. The SMILES string of the molecule is CC(C)(O)C(=O)NCC1CN(S(=O)(=O)c2cncc(C(F)(F)F)c2)c2cc(-c3cc(F)ccc3F)ccc2O1. The van der Waals surface area contributed by atoms with Crippen molar-refractivity contribution in [3.8, 4) is 16.9 Å². The third-order valence-electron chi connectivity index (χ3n) is 5.80. The van der Waals surface area contributed by atoms with Gasteiger partial charge in [-0.3, -0.25) is 14.1 Å². The summed E-state index contributed by atoms with van der Waals surface area (Å²) in [6, 6.07) is 6.99. The fourth-order valence-electron chi connectivity index (χ4n) is 3.80. The molecule has 1 atom stereocenters. The van der Waals surface area contributed by atoms with E-state index in [-0.39, 0.29) is 29.1 Å². The quantitative estimate of drug-likeness (QED) is 0.435. The summed E-state index contributed by atoms with van der Waals surface area (Å²) in [5.74, 6) is -2.36. The van der Waals surface area contributed by atoms with Crippen molar-refractivity contribution in [1.82, 2.24) is 10.3 Å². The van der Waals surface area contributed by atoms with E-state index in [1.165, 1.54) is 32.0 Å². The smallest absolute Gasteiger partial charge is 0.417 e. The van der Waals surface area contributed by atoms with Gasteiger partial charge in [-0.25, -0.2) is 17.2 Å². The second-order valence-electron chi connectivity index (χ2n) is 9.26. The van der Waals surface area contributed by atoms with Crippen molar-refractivity contribution in [3.05, 3.63) is 72.1 Å². The minimum absolute atomic E-state index is 0.0483. The lowest BCUT2D eigenvalue weighted by atomic mass is 10.0. The molecule has 39 heavy (non-hydrogen) atoms. The molecule has 0 saturated carbocycles. The van der Waals surface area contributed by atoms with Crippen LogP contribution in [0.4, 0.5) is 27.6 Å². The van der Waals surface area contributed by atoms with Gasteiger partial charge in [-0.2, -0.15) is 13.2 Å². The zero-order valence-corrected chi connectivity index (χ0v) is 21.3. The maximum absolute atomic E-state index is 14.5. The Hall–Kier alpha value is -3.78. The van der Waals surface area contributed by atoms with E-state index < -0.39 is 62.4 Å². The summed E-state index contributed by atoms with van der Waals surface area (Å²) in [4.78, 5) is 14.8. The minimum Gasteiger partial charge on any atom is -0.484 e. The Morgan fingerprint density at radius 3 is 2.51 bits per heavy atom. The molecule has 0 radical (unpaired) electrons. The number of nitrogens with zero attached hydrogens (tertiary/aromatic N) is 2. The Bertz CT molecular complexity index is 1520. The maximum atomic E-state index is 14.5. The van der Waals surface area contributed by atoms with E-state index in [0.717, 1.165) is 28.7 Å². The van der Waals surface area contributed by atoms with E-state index in [0.29, 0.717) is 12.3 Å². The molecule has 208 valence electrons. The van der Waals surface area contributed by atoms with Gasteiger partial charge < -0.3 is 15.2 Å². The van der Waals surface area contributed by atoms with Crippen LogP contribution < -0.4 is 14.4 Å². The zero-order chi connectivity index (χ0) is 28.8. The molecule has 2 heterocycles. The van der Waals surface area contributed by atoms with Crippen LogP contribution in [0.25, 0.3) is 11.1 Å². The number of anilines is 1. The number of nitrogens with one attached hydrogen (secondary N) is 1. The molecule has 0 fully saturated rings. The van der Waals surface area contributed by atoms with Gasteiger partial charge in [0.25, 0.3) is 15.9 Å². The summed E-state index contributed by atoms with van der Waals surface area (Å²) in [6.45, 7) is 1.73. The molecule has 0 spiro atoms. The molecule has 3 aromatic rings. The standard InChI is InChI=1S/C25H22F5N3O5S/c1-24(2,35)23(34)32-11-17-13-33(39(36,37)18-8-15(10-31-12-18)25(28,29)30)21-7-14(3-6-22(21)38-17)19-9-16(26)4-5-20(19)27/h3-10,12,17,35H,11,13H2,1-2H3,(H,32,34). The number of aliphatic hydroxyl groups is 1. The first-order valence-electron chi connectivity index (χ1n) is 11.4. The van der Waals surface area contributed by atoms with Gasteiger partial charge >= 0.3 is 6.18 Å². The van der Waals surface area contributed by atoms with Gasteiger partial charge in [0.1, 0.15) is 34.0 Å². The number of halogens is 5. The van der Waals surface area contributed by atoms with Crippen LogP contribution in [-0.2, 0) is 21.0 Å². The number of rotatable bonds is 6. The van der Waals surface area contributed by atoms with Crippen LogP contribution in [0.3, 0.4) is 0 Å². The molecule has 1 unspecified atom stereocenters. The molecule has 14 heteroatoms. The van der Waals surface area contributed by atoms with E-state index >= 15 is 0 Å². The lowest BCUT2D eigenvalue weighted by Gasteiger charge is -2.36. The number of ether oxygens (including phenoxy) is 1. The lowest BCUT2D eigenvalue weighted by molar-refractivity contribution is -0.138. The summed E-state index contributed by atoms with van der Waals surface area (Å²) >= 11 is 0.